The number of ketones is 1. The minimum absolute atomic E-state index is 0.0662. The fraction of sp³-hybridized carbons (Fsp3) is 0.423. The molecule has 1 fully saturated rings. The number of unbranched alkanes of at least 4 members (excludes halogenated alkanes) is 1. The average molecular weight is 500 g/mol. The monoisotopic (exact) mass is 499 g/mol. The summed E-state index contributed by atoms with van der Waals surface area (Å²) in [6.45, 7) is 4.12. The van der Waals surface area contributed by atoms with Crippen LogP contribution in [0.15, 0.2) is 48.5 Å². The molecule has 5 N–H and O–H groups in total. The summed E-state index contributed by atoms with van der Waals surface area (Å²) in [5, 5.41) is 24.2. The van der Waals surface area contributed by atoms with Crippen molar-refractivity contribution in [3.63, 3.8) is 0 Å². The summed E-state index contributed by atoms with van der Waals surface area (Å²) >= 11 is 1.41. The Hall–Kier alpha value is -2.88. The Kier molecular flexibility index (Phi) is 9.31. The highest BCUT2D eigenvalue weighted by Gasteiger charge is 2.44. The molecule has 3 unspecified atom stereocenters. The summed E-state index contributed by atoms with van der Waals surface area (Å²) in [4.78, 5) is 41.2. The Morgan fingerprint density at radius 3 is 2.57 bits per heavy atom. The molecule has 0 spiro atoms. The van der Waals surface area contributed by atoms with Crippen molar-refractivity contribution in [3.05, 3.63) is 65.2 Å². The molecule has 0 bridgehead atoms. The molecule has 2 aromatic carbocycles. The van der Waals surface area contributed by atoms with Gasteiger partial charge >= 0.3 is 0 Å². The van der Waals surface area contributed by atoms with Crippen LogP contribution in [0.3, 0.4) is 0 Å². The van der Waals surface area contributed by atoms with Crippen LogP contribution in [0.4, 0.5) is 0 Å². The lowest BCUT2D eigenvalue weighted by Crippen LogP contribution is -2.53. The number of rotatable bonds is 10. The molecule has 1 saturated heterocycles. The molecule has 3 rings (SSSR count). The average Bonchev–Trinajstić information content (AvgIpc) is 3.36. The zero-order valence-electron chi connectivity index (χ0n) is 20.0. The van der Waals surface area contributed by atoms with E-state index in [4.69, 9.17) is 5.73 Å². The standard InChI is InChI=1S/C26H33N3O5S/c1-3-4-13-28-25(33)19-14-35-15-29(19)26(34)24(32)21(22(27)17-9-6-5-7-10-17)23(31)18-11-8-12-20(30)16(18)2/h5-12,19,21-22,24,30,32H,3-4,13-15,27H2,1-2H3,(H,28,33)/t19-,21?,22?,24?/m0/s1. The molecular weight excluding hydrogens is 466 g/mol. The van der Waals surface area contributed by atoms with Crippen molar-refractivity contribution >= 4 is 29.4 Å². The Morgan fingerprint density at radius 2 is 1.89 bits per heavy atom. The predicted molar refractivity (Wildman–Crippen MR) is 136 cm³/mol. The van der Waals surface area contributed by atoms with Crippen molar-refractivity contribution in [2.24, 2.45) is 11.7 Å². The second-order valence-corrected chi connectivity index (χ2v) is 9.69. The molecule has 9 heteroatoms. The number of Topliss-reactive ketones (excluding diaryl/α,β-unsaturated/α-hetero) is 1. The lowest BCUT2D eigenvalue weighted by atomic mass is 9.81. The van der Waals surface area contributed by atoms with E-state index in [0.717, 1.165) is 12.8 Å². The number of hydrogen-bond acceptors (Lipinski definition) is 7. The van der Waals surface area contributed by atoms with E-state index in [1.165, 1.54) is 34.9 Å². The maximum atomic E-state index is 13.7. The lowest BCUT2D eigenvalue weighted by Gasteiger charge is -2.31. The normalized spacial score (nSPS) is 18.1. The molecule has 2 amide bonds. The van der Waals surface area contributed by atoms with Gasteiger partial charge in [0.1, 0.15) is 17.9 Å². The number of nitrogens with one attached hydrogen (secondary N) is 1. The van der Waals surface area contributed by atoms with Crippen molar-refractivity contribution < 1.29 is 24.6 Å². The summed E-state index contributed by atoms with van der Waals surface area (Å²) in [7, 11) is 0. The minimum Gasteiger partial charge on any atom is -0.508 e. The molecule has 0 radical (unpaired) electrons. The third-order valence-corrected chi connectivity index (χ3v) is 7.35. The highest BCUT2D eigenvalue weighted by Crippen LogP contribution is 2.32. The zero-order chi connectivity index (χ0) is 25.5. The predicted octanol–water partition coefficient (Wildman–Crippen LogP) is 2.38. The number of carbonyl (C=O) groups excluding carboxylic acids is 3. The van der Waals surface area contributed by atoms with Gasteiger partial charge in [0, 0.05) is 29.5 Å². The van der Waals surface area contributed by atoms with Gasteiger partial charge in [-0.1, -0.05) is 55.8 Å². The molecule has 0 aromatic heterocycles. The van der Waals surface area contributed by atoms with E-state index < -0.39 is 35.8 Å². The third kappa shape index (κ3) is 6.04. The number of phenols is 1. The summed E-state index contributed by atoms with van der Waals surface area (Å²) in [5.74, 6) is -2.29. The Morgan fingerprint density at radius 1 is 1.17 bits per heavy atom. The van der Waals surface area contributed by atoms with Crippen LogP contribution in [-0.4, -0.2) is 63.0 Å². The second kappa shape index (κ2) is 12.2. The largest absolute Gasteiger partial charge is 0.508 e. The highest BCUT2D eigenvalue weighted by atomic mass is 32.2. The summed E-state index contributed by atoms with van der Waals surface area (Å²) < 4.78 is 0. The molecule has 188 valence electrons. The molecule has 8 nitrogen and oxygen atoms in total. The van der Waals surface area contributed by atoms with Gasteiger partial charge in [-0.25, -0.2) is 0 Å². The first-order valence-corrected chi connectivity index (χ1v) is 12.9. The van der Waals surface area contributed by atoms with Crippen LogP contribution in [0.5, 0.6) is 5.75 Å². The number of aromatic hydroxyl groups is 1. The molecule has 1 aliphatic heterocycles. The molecular formula is C26H33N3O5S. The van der Waals surface area contributed by atoms with Crippen molar-refractivity contribution in [1.82, 2.24) is 10.2 Å². The number of benzene rings is 2. The second-order valence-electron chi connectivity index (χ2n) is 8.69. The molecule has 1 aliphatic rings. The van der Waals surface area contributed by atoms with Crippen LogP contribution < -0.4 is 11.1 Å². The number of phenolic OH excluding ortho intramolecular Hbond substituents is 1. The maximum absolute atomic E-state index is 13.7. The Balaban J connectivity index is 1.92. The number of thioether (sulfide) groups is 1. The molecule has 1 heterocycles. The summed E-state index contributed by atoms with van der Waals surface area (Å²) in [5.41, 5.74) is 7.58. The fourth-order valence-electron chi connectivity index (χ4n) is 4.16. The molecule has 0 saturated carbocycles. The smallest absolute Gasteiger partial charge is 0.253 e. The number of aliphatic hydroxyl groups excluding tert-OH is 1. The van der Waals surface area contributed by atoms with Gasteiger partial charge in [-0.15, -0.1) is 11.8 Å². The van der Waals surface area contributed by atoms with Gasteiger partial charge in [0.15, 0.2) is 5.78 Å². The van der Waals surface area contributed by atoms with Gasteiger partial charge in [0.2, 0.25) is 5.91 Å². The number of amides is 2. The van der Waals surface area contributed by atoms with E-state index in [0.29, 0.717) is 23.4 Å². The van der Waals surface area contributed by atoms with Crippen LogP contribution in [0.1, 0.15) is 47.3 Å². The van der Waals surface area contributed by atoms with E-state index in [2.05, 4.69) is 5.32 Å². The quantitative estimate of drug-likeness (QED) is 0.291. The van der Waals surface area contributed by atoms with Crippen molar-refractivity contribution in [1.29, 1.82) is 0 Å². The van der Waals surface area contributed by atoms with Crippen molar-refractivity contribution in [2.45, 2.75) is 44.9 Å². The minimum atomic E-state index is -1.77. The zero-order valence-corrected chi connectivity index (χ0v) is 20.8. The van der Waals surface area contributed by atoms with Crippen molar-refractivity contribution in [3.8, 4) is 5.75 Å². The van der Waals surface area contributed by atoms with Gasteiger partial charge in [-0.2, -0.15) is 0 Å². The van der Waals surface area contributed by atoms with Gasteiger partial charge < -0.3 is 26.2 Å². The highest BCUT2D eigenvalue weighted by molar-refractivity contribution is 7.99. The number of aliphatic hydroxyl groups is 1. The van der Waals surface area contributed by atoms with Crippen LogP contribution in [0.2, 0.25) is 0 Å². The summed E-state index contributed by atoms with van der Waals surface area (Å²) in [6.07, 6.45) is -0.0194. The first kappa shape index (κ1) is 26.7. The SMILES string of the molecule is CCCCNC(=O)[C@@H]1CSCN1C(=O)C(O)C(C(=O)c1cccc(O)c1C)C(N)c1ccccc1. The number of nitrogens with zero attached hydrogens (tertiary/aromatic N) is 1. The molecule has 35 heavy (non-hydrogen) atoms. The van der Waals surface area contributed by atoms with E-state index in [-0.39, 0.29) is 23.1 Å². The van der Waals surface area contributed by atoms with Gasteiger partial charge in [-0.3, -0.25) is 14.4 Å². The maximum Gasteiger partial charge on any atom is 0.253 e. The number of carbonyl (C=O) groups is 3. The number of nitrogens with two attached hydrogens (primary N) is 1. The van der Waals surface area contributed by atoms with E-state index in [1.54, 1.807) is 37.3 Å². The number of hydrogen-bond donors (Lipinski definition) is 4. The fourth-order valence-corrected chi connectivity index (χ4v) is 5.33. The Labute approximate surface area is 209 Å². The molecule has 2 aromatic rings. The van der Waals surface area contributed by atoms with Gasteiger partial charge in [0.25, 0.3) is 5.91 Å². The topological polar surface area (TPSA) is 133 Å². The van der Waals surface area contributed by atoms with Crippen LogP contribution in [0.25, 0.3) is 0 Å². The Bertz CT molecular complexity index is 1050. The van der Waals surface area contributed by atoms with Crippen molar-refractivity contribution in [2.75, 3.05) is 18.2 Å². The first-order chi connectivity index (χ1) is 16.8. The van der Waals surface area contributed by atoms with E-state index in [1.807, 2.05) is 6.92 Å². The third-order valence-electron chi connectivity index (χ3n) is 6.34. The van der Waals surface area contributed by atoms with Crippen LogP contribution in [0, 0.1) is 12.8 Å². The lowest BCUT2D eigenvalue weighted by molar-refractivity contribution is -0.146. The van der Waals surface area contributed by atoms with E-state index >= 15 is 0 Å². The van der Waals surface area contributed by atoms with Crippen LogP contribution >= 0.6 is 11.8 Å². The first-order valence-electron chi connectivity index (χ1n) is 11.7. The van der Waals surface area contributed by atoms with Gasteiger partial charge in [0.05, 0.1) is 11.8 Å². The molecule has 4 atom stereocenters. The molecule has 0 aliphatic carbocycles. The van der Waals surface area contributed by atoms with Crippen LogP contribution in [-0.2, 0) is 9.59 Å². The summed E-state index contributed by atoms with van der Waals surface area (Å²) in [6, 6.07) is 11.6. The van der Waals surface area contributed by atoms with Gasteiger partial charge in [-0.05, 0) is 25.0 Å². The van der Waals surface area contributed by atoms with E-state index in [9.17, 15) is 24.6 Å².